The Hall–Kier alpha value is -1.88. The number of aliphatic hydroxyl groups is 1. The van der Waals surface area contributed by atoms with Gasteiger partial charge in [0.25, 0.3) is 0 Å². The third-order valence-corrected chi connectivity index (χ3v) is 6.94. The molecule has 4 atom stereocenters. The van der Waals surface area contributed by atoms with Crippen LogP contribution in [-0.2, 0) is 11.2 Å². The molecule has 2 heterocycles. The molecule has 2 aromatic rings. The number of fused-ring (bicyclic) bond motifs is 2. The van der Waals surface area contributed by atoms with Crippen molar-refractivity contribution in [2.45, 2.75) is 76.9 Å². The van der Waals surface area contributed by atoms with Crippen LogP contribution in [0, 0.1) is 11.7 Å². The van der Waals surface area contributed by atoms with Crippen LogP contribution in [0.2, 0.25) is 0 Å². The quantitative estimate of drug-likeness (QED) is 0.812. The number of aromatic amines is 1. The maximum absolute atomic E-state index is 14.3. The van der Waals surface area contributed by atoms with Crippen LogP contribution >= 0.6 is 0 Å². The van der Waals surface area contributed by atoms with Gasteiger partial charge in [0, 0.05) is 42.0 Å². The number of aryl methyl sites for hydroxylation is 1. The van der Waals surface area contributed by atoms with Crippen molar-refractivity contribution in [3.63, 3.8) is 0 Å². The molecular weight excluding hydrogens is 355 g/mol. The zero-order valence-electron chi connectivity index (χ0n) is 16.9. The highest BCUT2D eigenvalue weighted by atomic mass is 19.1. The Kier molecular flexibility index (Phi) is 5.46. The average molecular weight is 387 g/mol. The maximum Gasteiger partial charge on any atom is 0.223 e. The predicted octanol–water partition coefficient (Wildman–Crippen LogP) is 4.52. The first-order valence-corrected chi connectivity index (χ1v) is 10.8. The Balaban J connectivity index is 1.52. The van der Waals surface area contributed by atoms with E-state index in [1.165, 1.54) is 0 Å². The highest BCUT2D eigenvalue weighted by Crippen LogP contribution is 2.37. The Morgan fingerprint density at radius 2 is 2.11 bits per heavy atom. The van der Waals surface area contributed by atoms with Crippen molar-refractivity contribution in [3.8, 4) is 0 Å². The van der Waals surface area contributed by atoms with Crippen molar-refractivity contribution in [1.82, 2.24) is 9.88 Å². The Labute approximate surface area is 166 Å². The molecule has 2 N–H and O–H groups in total. The van der Waals surface area contributed by atoms with E-state index in [4.69, 9.17) is 0 Å². The number of nitrogens with zero attached hydrogens (tertiary/aromatic N) is 1. The third-order valence-electron chi connectivity index (χ3n) is 6.94. The number of aliphatic hydroxyl groups excluding tert-OH is 1. The molecule has 0 spiro atoms. The van der Waals surface area contributed by atoms with Crippen molar-refractivity contribution in [2.24, 2.45) is 5.92 Å². The lowest BCUT2D eigenvalue weighted by molar-refractivity contribution is -0.141. The molecule has 4 rings (SSSR count). The number of aromatic nitrogens is 1. The van der Waals surface area contributed by atoms with E-state index in [0.717, 1.165) is 42.1 Å². The molecule has 2 fully saturated rings. The van der Waals surface area contributed by atoms with Crippen molar-refractivity contribution in [3.05, 3.63) is 35.3 Å². The van der Waals surface area contributed by atoms with Crippen LogP contribution in [0.1, 0.15) is 69.4 Å². The predicted molar refractivity (Wildman–Crippen MR) is 109 cm³/mol. The molecule has 1 saturated carbocycles. The molecule has 1 saturated heterocycles. The molecule has 4 unspecified atom stereocenters. The van der Waals surface area contributed by atoms with E-state index in [-0.39, 0.29) is 35.7 Å². The first-order valence-electron chi connectivity index (χ1n) is 10.8. The van der Waals surface area contributed by atoms with Crippen LogP contribution in [0.3, 0.4) is 0 Å². The molecule has 5 heteroatoms. The summed E-state index contributed by atoms with van der Waals surface area (Å²) in [5, 5.41) is 11.2. The van der Waals surface area contributed by atoms with Gasteiger partial charge in [-0.25, -0.2) is 4.39 Å². The molecule has 0 bridgehead atoms. The van der Waals surface area contributed by atoms with Crippen molar-refractivity contribution >= 4 is 16.8 Å². The summed E-state index contributed by atoms with van der Waals surface area (Å²) in [5.74, 6) is 0.235. The topological polar surface area (TPSA) is 56.3 Å². The summed E-state index contributed by atoms with van der Waals surface area (Å²) in [6, 6.07) is 3.67. The minimum atomic E-state index is -0.267. The minimum absolute atomic E-state index is 0.0158. The molecule has 0 radical (unpaired) electrons. The number of carbonyl (C=O) groups is 1. The number of carbonyl (C=O) groups excluding carboxylic acids is 1. The summed E-state index contributed by atoms with van der Waals surface area (Å²) in [6.07, 6.45) is 7.72. The van der Waals surface area contributed by atoms with Gasteiger partial charge in [-0.15, -0.1) is 0 Å². The number of halogens is 1. The van der Waals surface area contributed by atoms with Crippen LogP contribution in [0.15, 0.2) is 18.3 Å². The summed E-state index contributed by atoms with van der Waals surface area (Å²) in [4.78, 5) is 18.4. The maximum atomic E-state index is 14.3. The molecular formula is C23H31FN2O2. The monoisotopic (exact) mass is 386 g/mol. The lowest BCUT2D eigenvalue weighted by Gasteiger charge is -2.46. The van der Waals surface area contributed by atoms with Crippen LogP contribution in [0.25, 0.3) is 10.9 Å². The van der Waals surface area contributed by atoms with Crippen LogP contribution in [0.4, 0.5) is 4.39 Å². The van der Waals surface area contributed by atoms with E-state index in [0.29, 0.717) is 31.4 Å². The van der Waals surface area contributed by atoms with Crippen LogP contribution in [0.5, 0.6) is 0 Å². The number of likely N-dealkylation sites (tertiary alicyclic amines) is 1. The average Bonchev–Trinajstić information content (AvgIpc) is 3.10. The fraction of sp³-hybridized carbons (Fsp3) is 0.609. The normalized spacial score (nSPS) is 26.3. The van der Waals surface area contributed by atoms with E-state index < -0.39 is 0 Å². The van der Waals surface area contributed by atoms with Crippen LogP contribution in [-0.4, -0.2) is 39.6 Å². The van der Waals surface area contributed by atoms with E-state index in [2.05, 4.69) is 4.98 Å². The SMILES string of the molecule is CCc1cc2[nH]cc(C(C)CC(=O)N3CCC(O)C4CCCCC43)c2cc1F. The zero-order valence-corrected chi connectivity index (χ0v) is 16.9. The fourth-order valence-electron chi connectivity index (χ4n) is 5.31. The highest BCUT2D eigenvalue weighted by molar-refractivity contribution is 5.86. The third kappa shape index (κ3) is 3.45. The van der Waals surface area contributed by atoms with Gasteiger partial charge in [-0.2, -0.15) is 0 Å². The molecule has 28 heavy (non-hydrogen) atoms. The number of hydrogen-bond acceptors (Lipinski definition) is 2. The van der Waals surface area contributed by atoms with Crippen molar-refractivity contribution < 1.29 is 14.3 Å². The number of hydrogen-bond donors (Lipinski definition) is 2. The molecule has 1 aliphatic heterocycles. The van der Waals surface area contributed by atoms with Gasteiger partial charge < -0.3 is 15.0 Å². The molecule has 1 amide bonds. The molecule has 1 aromatic carbocycles. The van der Waals surface area contributed by atoms with Crippen LogP contribution < -0.4 is 0 Å². The second-order valence-corrected chi connectivity index (χ2v) is 8.65. The number of H-pyrrole nitrogens is 1. The van der Waals surface area contributed by atoms with Crippen molar-refractivity contribution in [1.29, 1.82) is 0 Å². The lowest BCUT2D eigenvalue weighted by Crippen LogP contribution is -2.54. The number of piperidine rings is 1. The van der Waals surface area contributed by atoms with Gasteiger partial charge in [0.2, 0.25) is 5.91 Å². The molecule has 1 aromatic heterocycles. The summed E-state index contributed by atoms with van der Waals surface area (Å²) in [7, 11) is 0. The van der Waals surface area contributed by atoms with Crippen molar-refractivity contribution in [2.75, 3.05) is 6.54 Å². The number of benzene rings is 1. The van der Waals surface area contributed by atoms with E-state index >= 15 is 0 Å². The van der Waals surface area contributed by atoms with Gasteiger partial charge in [0.15, 0.2) is 0 Å². The summed E-state index contributed by atoms with van der Waals surface area (Å²) < 4.78 is 14.3. The first-order chi connectivity index (χ1) is 13.5. The smallest absolute Gasteiger partial charge is 0.223 e. The van der Waals surface area contributed by atoms with Gasteiger partial charge in [-0.1, -0.05) is 26.7 Å². The van der Waals surface area contributed by atoms with Gasteiger partial charge in [-0.3, -0.25) is 4.79 Å². The van der Waals surface area contributed by atoms with E-state index in [9.17, 15) is 14.3 Å². The summed E-state index contributed by atoms with van der Waals surface area (Å²) in [5.41, 5.74) is 2.64. The van der Waals surface area contributed by atoms with Gasteiger partial charge in [0.05, 0.1) is 6.10 Å². The first kappa shape index (κ1) is 19.4. The molecule has 2 aliphatic rings. The lowest BCUT2D eigenvalue weighted by atomic mass is 9.76. The minimum Gasteiger partial charge on any atom is -0.393 e. The number of rotatable bonds is 4. The standard InChI is InChI=1S/C23H31FN2O2/c1-3-15-11-20-17(12-19(15)24)18(13-25-20)14(2)10-23(28)26-9-8-22(27)16-6-4-5-7-21(16)26/h11-14,16,21-22,25,27H,3-10H2,1-2H3. The second-order valence-electron chi connectivity index (χ2n) is 8.65. The molecule has 4 nitrogen and oxygen atoms in total. The fourth-order valence-corrected chi connectivity index (χ4v) is 5.31. The second kappa shape index (κ2) is 7.86. The molecule has 1 aliphatic carbocycles. The number of nitrogens with one attached hydrogen (secondary N) is 1. The largest absolute Gasteiger partial charge is 0.393 e. The summed E-state index contributed by atoms with van der Waals surface area (Å²) >= 11 is 0. The Morgan fingerprint density at radius 1 is 1.32 bits per heavy atom. The van der Waals surface area contributed by atoms with E-state index in [1.807, 2.05) is 31.0 Å². The highest BCUT2D eigenvalue weighted by Gasteiger charge is 2.40. The van der Waals surface area contributed by atoms with Gasteiger partial charge in [0.1, 0.15) is 5.82 Å². The van der Waals surface area contributed by atoms with E-state index in [1.54, 1.807) is 6.07 Å². The van der Waals surface area contributed by atoms with Gasteiger partial charge in [-0.05, 0) is 54.9 Å². The zero-order chi connectivity index (χ0) is 19.8. The summed E-state index contributed by atoms with van der Waals surface area (Å²) in [6.45, 7) is 4.64. The number of amides is 1. The molecule has 152 valence electrons. The Bertz CT molecular complexity index is 862. The van der Waals surface area contributed by atoms with Gasteiger partial charge >= 0.3 is 0 Å². The Morgan fingerprint density at radius 3 is 2.89 bits per heavy atom.